The molecular weight excluding hydrogens is 420 g/mol. The molecule has 0 saturated carbocycles. The second-order valence-electron chi connectivity index (χ2n) is 13.0. The Hall–Kier alpha value is 0. The summed E-state index contributed by atoms with van der Waals surface area (Å²) in [4.78, 5) is 0. The molecule has 0 spiro atoms. The van der Waals surface area contributed by atoms with Crippen molar-refractivity contribution in [1.29, 1.82) is 0 Å². The Kier molecular flexibility index (Phi) is 28.6. The summed E-state index contributed by atoms with van der Waals surface area (Å²) >= 11 is 0. The molecule has 212 valence electrons. The fourth-order valence-electron chi connectivity index (χ4n) is 5.73. The topological polar surface area (TPSA) is 0 Å². The van der Waals surface area contributed by atoms with Crippen LogP contribution < -0.4 is 0 Å². The molecule has 2 unspecified atom stereocenters. The molecule has 0 bridgehead atoms. The van der Waals surface area contributed by atoms with E-state index in [9.17, 15) is 0 Å². The zero-order valence-corrected chi connectivity index (χ0v) is 25.8. The minimum atomic E-state index is 0.881. The van der Waals surface area contributed by atoms with Gasteiger partial charge in [-0.05, 0) is 17.8 Å². The number of unbranched alkanes of at least 4 members (excludes halogenated alkanes) is 19. The minimum Gasteiger partial charge on any atom is -0.0654 e. The van der Waals surface area contributed by atoms with E-state index >= 15 is 0 Å². The number of hydrogen-bond donors (Lipinski definition) is 0. The smallest absolute Gasteiger partial charge is 0.0443 e. The third-order valence-corrected chi connectivity index (χ3v) is 8.42. The molecule has 0 rings (SSSR count). The van der Waals surface area contributed by atoms with Gasteiger partial charge in [-0.2, -0.15) is 0 Å². The monoisotopic (exact) mass is 493 g/mol. The average molecular weight is 493 g/mol. The molecule has 0 heteroatoms. The molecule has 0 aliphatic carbocycles. The van der Waals surface area contributed by atoms with E-state index < -0.39 is 0 Å². The Bertz CT molecular complexity index is 370. The third kappa shape index (κ3) is 30.1. The maximum atomic E-state index is 2.50. The SMILES string of the molecule is CCCCCCCCCCCCCCCCCCCCCCC(C)CCCC(C)CCCC(C)C. The first-order chi connectivity index (χ1) is 17.1. The predicted molar refractivity (Wildman–Crippen MR) is 163 cm³/mol. The number of hydrogen-bond acceptors (Lipinski definition) is 0. The summed E-state index contributed by atoms with van der Waals surface area (Å²) in [6, 6.07) is 0. The van der Waals surface area contributed by atoms with Crippen molar-refractivity contribution in [2.75, 3.05) is 0 Å². The Morgan fingerprint density at radius 1 is 0.286 bits per heavy atom. The van der Waals surface area contributed by atoms with Crippen LogP contribution >= 0.6 is 0 Å². The van der Waals surface area contributed by atoms with Gasteiger partial charge in [0, 0.05) is 0 Å². The van der Waals surface area contributed by atoms with Crippen LogP contribution in [0.1, 0.15) is 208 Å². The first-order valence-electron chi connectivity index (χ1n) is 17.1. The third-order valence-electron chi connectivity index (χ3n) is 8.42. The molecule has 0 fully saturated rings. The largest absolute Gasteiger partial charge is 0.0654 e. The van der Waals surface area contributed by atoms with Gasteiger partial charge in [-0.1, -0.05) is 208 Å². The van der Waals surface area contributed by atoms with Gasteiger partial charge in [0.05, 0.1) is 0 Å². The second-order valence-corrected chi connectivity index (χ2v) is 13.0. The van der Waals surface area contributed by atoms with Crippen LogP contribution in [0.15, 0.2) is 0 Å². The molecule has 0 nitrogen and oxygen atoms in total. The van der Waals surface area contributed by atoms with E-state index in [1.807, 2.05) is 0 Å². The molecule has 35 heavy (non-hydrogen) atoms. The van der Waals surface area contributed by atoms with E-state index in [1.165, 1.54) is 173 Å². The van der Waals surface area contributed by atoms with Gasteiger partial charge in [0.15, 0.2) is 0 Å². The molecule has 0 saturated heterocycles. The van der Waals surface area contributed by atoms with Crippen LogP contribution in [0.25, 0.3) is 0 Å². The Morgan fingerprint density at radius 2 is 0.543 bits per heavy atom. The highest BCUT2D eigenvalue weighted by atomic mass is 14.1. The Balaban J connectivity index is 3.19. The van der Waals surface area contributed by atoms with Crippen LogP contribution in [0.4, 0.5) is 0 Å². The van der Waals surface area contributed by atoms with E-state index in [4.69, 9.17) is 0 Å². The lowest BCUT2D eigenvalue weighted by Crippen LogP contribution is -2.00. The van der Waals surface area contributed by atoms with Crippen molar-refractivity contribution in [3.05, 3.63) is 0 Å². The van der Waals surface area contributed by atoms with Crippen LogP contribution in [-0.4, -0.2) is 0 Å². The lowest BCUT2D eigenvalue weighted by molar-refractivity contribution is 0.385. The van der Waals surface area contributed by atoms with Crippen molar-refractivity contribution in [3.63, 3.8) is 0 Å². The van der Waals surface area contributed by atoms with E-state index in [2.05, 4.69) is 34.6 Å². The van der Waals surface area contributed by atoms with Crippen LogP contribution in [-0.2, 0) is 0 Å². The molecular formula is C35H72. The van der Waals surface area contributed by atoms with Crippen LogP contribution in [0.3, 0.4) is 0 Å². The molecule has 0 aromatic carbocycles. The van der Waals surface area contributed by atoms with E-state index in [1.54, 1.807) is 0 Å². The molecule has 0 aromatic rings. The van der Waals surface area contributed by atoms with Gasteiger partial charge in [0.25, 0.3) is 0 Å². The van der Waals surface area contributed by atoms with E-state index in [-0.39, 0.29) is 0 Å². The first-order valence-corrected chi connectivity index (χ1v) is 17.1. The molecule has 0 aliphatic heterocycles. The van der Waals surface area contributed by atoms with Gasteiger partial charge in [-0.25, -0.2) is 0 Å². The summed E-state index contributed by atoms with van der Waals surface area (Å²) in [5.74, 6) is 2.78. The standard InChI is InChI=1S/C35H72/c1-6-7-8-9-10-11-12-13-14-15-16-17-18-19-20-21-22-23-24-25-29-34(4)31-27-32-35(5)30-26-28-33(2)3/h33-35H,6-32H2,1-5H3. The molecule has 0 aromatic heterocycles. The van der Waals surface area contributed by atoms with Crippen molar-refractivity contribution >= 4 is 0 Å². The van der Waals surface area contributed by atoms with Gasteiger partial charge in [-0.15, -0.1) is 0 Å². The zero-order chi connectivity index (χ0) is 25.8. The highest BCUT2D eigenvalue weighted by molar-refractivity contribution is 4.60. The first kappa shape index (κ1) is 35.0. The predicted octanol–water partition coefficient (Wildman–Crippen LogP) is 13.5. The summed E-state index contributed by atoms with van der Waals surface area (Å²) in [5.41, 5.74) is 0. The zero-order valence-electron chi connectivity index (χ0n) is 25.8. The molecule has 0 amide bonds. The summed E-state index contributed by atoms with van der Waals surface area (Å²) in [6.07, 6.45) is 39.7. The molecule has 0 aliphatic rings. The average Bonchev–Trinajstić information content (AvgIpc) is 2.82. The van der Waals surface area contributed by atoms with E-state index in [0.29, 0.717) is 0 Å². The summed E-state index contributed by atoms with van der Waals surface area (Å²) < 4.78 is 0. The molecule has 0 radical (unpaired) electrons. The Morgan fingerprint density at radius 3 is 0.857 bits per heavy atom. The highest BCUT2D eigenvalue weighted by Crippen LogP contribution is 2.22. The maximum absolute atomic E-state index is 2.50. The van der Waals surface area contributed by atoms with E-state index in [0.717, 1.165) is 17.8 Å². The normalized spacial score (nSPS) is 13.5. The number of rotatable bonds is 29. The molecule has 0 heterocycles. The summed E-state index contributed by atoms with van der Waals surface area (Å²) in [7, 11) is 0. The van der Waals surface area contributed by atoms with Crippen LogP contribution in [0.2, 0.25) is 0 Å². The van der Waals surface area contributed by atoms with Gasteiger partial charge in [0.1, 0.15) is 0 Å². The fraction of sp³-hybridized carbons (Fsp3) is 1.00. The van der Waals surface area contributed by atoms with Crippen molar-refractivity contribution in [1.82, 2.24) is 0 Å². The minimum absolute atomic E-state index is 0.881. The van der Waals surface area contributed by atoms with Crippen LogP contribution in [0, 0.1) is 17.8 Å². The fourth-order valence-corrected chi connectivity index (χ4v) is 5.73. The molecule has 2 atom stereocenters. The van der Waals surface area contributed by atoms with Gasteiger partial charge in [-0.3, -0.25) is 0 Å². The van der Waals surface area contributed by atoms with Crippen molar-refractivity contribution in [2.24, 2.45) is 17.8 Å². The lowest BCUT2D eigenvalue weighted by atomic mass is 9.91. The molecule has 0 N–H and O–H groups in total. The summed E-state index contributed by atoms with van der Waals surface area (Å²) in [5, 5.41) is 0. The Labute approximate surface area is 225 Å². The van der Waals surface area contributed by atoms with Gasteiger partial charge >= 0.3 is 0 Å². The maximum Gasteiger partial charge on any atom is -0.0443 e. The van der Waals surface area contributed by atoms with Gasteiger partial charge < -0.3 is 0 Å². The lowest BCUT2D eigenvalue weighted by Gasteiger charge is -2.15. The van der Waals surface area contributed by atoms with Crippen molar-refractivity contribution in [2.45, 2.75) is 208 Å². The van der Waals surface area contributed by atoms with Crippen molar-refractivity contribution in [3.8, 4) is 0 Å². The quantitative estimate of drug-likeness (QED) is 0.0910. The van der Waals surface area contributed by atoms with Crippen molar-refractivity contribution < 1.29 is 0 Å². The highest BCUT2D eigenvalue weighted by Gasteiger charge is 2.06. The van der Waals surface area contributed by atoms with Gasteiger partial charge in [0.2, 0.25) is 0 Å². The van der Waals surface area contributed by atoms with Crippen LogP contribution in [0.5, 0.6) is 0 Å². The second kappa shape index (κ2) is 28.6. The summed E-state index contributed by atoms with van der Waals surface area (Å²) in [6.45, 7) is 12.0.